The van der Waals surface area contributed by atoms with E-state index in [1.807, 2.05) is 5.38 Å². The first-order valence-electron chi connectivity index (χ1n) is 7.40. The molecule has 0 fully saturated rings. The Morgan fingerprint density at radius 3 is 2.55 bits per heavy atom. The quantitative estimate of drug-likeness (QED) is 0.753. The molecule has 5 heteroatoms. The molecule has 1 aromatic heterocycles. The van der Waals surface area contributed by atoms with E-state index in [1.54, 1.807) is 11.3 Å². The van der Waals surface area contributed by atoms with E-state index in [4.69, 9.17) is 5.11 Å². The van der Waals surface area contributed by atoms with Crippen LogP contribution in [0.5, 0.6) is 0 Å². The van der Waals surface area contributed by atoms with Gasteiger partial charge in [-0.15, -0.1) is 11.3 Å². The number of carboxylic acids is 1. The maximum atomic E-state index is 10.6. The SMILES string of the molecule is CCC(CC)N(CC(C)C)c1nc(CCC(=O)O)cs1. The number of nitrogens with zero attached hydrogens (tertiary/aromatic N) is 2. The van der Waals surface area contributed by atoms with E-state index in [1.165, 1.54) is 0 Å². The van der Waals surface area contributed by atoms with Crippen LogP contribution in [0.1, 0.15) is 52.7 Å². The predicted molar refractivity (Wildman–Crippen MR) is 84.6 cm³/mol. The number of aromatic nitrogens is 1. The summed E-state index contributed by atoms with van der Waals surface area (Å²) in [6.45, 7) is 9.85. The molecule has 1 aromatic rings. The smallest absolute Gasteiger partial charge is 0.303 e. The Labute approximate surface area is 125 Å². The number of thiazole rings is 1. The number of aliphatic carboxylic acids is 1. The Morgan fingerprint density at radius 2 is 2.05 bits per heavy atom. The lowest BCUT2D eigenvalue weighted by Crippen LogP contribution is -2.37. The van der Waals surface area contributed by atoms with Crippen LogP contribution in [0.4, 0.5) is 5.13 Å². The van der Waals surface area contributed by atoms with E-state index < -0.39 is 5.97 Å². The minimum Gasteiger partial charge on any atom is -0.481 e. The summed E-state index contributed by atoms with van der Waals surface area (Å²) in [5.74, 6) is -0.180. The van der Waals surface area contributed by atoms with E-state index in [0.717, 1.165) is 30.2 Å². The number of hydrogen-bond donors (Lipinski definition) is 1. The molecule has 114 valence electrons. The largest absolute Gasteiger partial charge is 0.481 e. The minimum atomic E-state index is -0.765. The van der Waals surface area contributed by atoms with Crippen LogP contribution in [-0.2, 0) is 11.2 Å². The Kier molecular flexibility index (Phi) is 6.99. The Bertz CT molecular complexity index is 414. The zero-order valence-electron chi connectivity index (χ0n) is 12.9. The summed E-state index contributed by atoms with van der Waals surface area (Å²) in [7, 11) is 0. The minimum absolute atomic E-state index is 0.151. The molecular weight excluding hydrogens is 272 g/mol. The van der Waals surface area contributed by atoms with Crippen molar-refractivity contribution in [3.63, 3.8) is 0 Å². The number of rotatable bonds is 9. The van der Waals surface area contributed by atoms with Gasteiger partial charge in [-0.3, -0.25) is 4.79 Å². The summed E-state index contributed by atoms with van der Waals surface area (Å²) in [5.41, 5.74) is 0.895. The van der Waals surface area contributed by atoms with E-state index in [-0.39, 0.29) is 6.42 Å². The van der Waals surface area contributed by atoms with Crippen LogP contribution in [0, 0.1) is 5.92 Å². The van der Waals surface area contributed by atoms with Crippen molar-refractivity contribution in [3.8, 4) is 0 Å². The van der Waals surface area contributed by atoms with Crippen LogP contribution in [0.15, 0.2) is 5.38 Å². The molecule has 0 saturated carbocycles. The molecule has 0 atom stereocenters. The molecule has 0 unspecified atom stereocenters. The van der Waals surface area contributed by atoms with E-state index >= 15 is 0 Å². The summed E-state index contributed by atoms with van der Waals surface area (Å²) in [6, 6.07) is 0.510. The van der Waals surface area contributed by atoms with Crippen molar-refractivity contribution in [1.29, 1.82) is 0 Å². The Balaban J connectivity index is 2.82. The highest BCUT2D eigenvalue weighted by molar-refractivity contribution is 7.13. The molecule has 0 aliphatic rings. The summed E-state index contributed by atoms with van der Waals surface area (Å²) in [5, 5.41) is 11.8. The van der Waals surface area contributed by atoms with Gasteiger partial charge in [-0.1, -0.05) is 27.7 Å². The van der Waals surface area contributed by atoms with Crippen LogP contribution < -0.4 is 4.90 Å². The number of hydrogen-bond acceptors (Lipinski definition) is 4. The van der Waals surface area contributed by atoms with Gasteiger partial charge < -0.3 is 10.0 Å². The molecule has 4 nitrogen and oxygen atoms in total. The standard InChI is InChI=1S/C15H26N2O2S/c1-5-13(6-2)17(9-11(3)4)15-16-12(10-20-15)7-8-14(18)19/h10-11,13H,5-9H2,1-4H3,(H,18,19). The van der Waals surface area contributed by atoms with E-state index in [0.29, 0.717) is 18.4 Å². The third-order valence-corrected chi connectivity index (χ3v) is 4.25. The van der Waals surface area contributed by atoms with Crippen LogP contribution in [-0.4, -0.2) is 28.6 Å². The fraction of sp³-hybridized carbons (Fsp3) is 0.733. The van der Waals surface area contributed by atoms with Gasteiger partial charge in [0.25, 0.3) is 0 Å². The lowest BCUT2D eigenvalue weighted by molar-refractivity contribution is -0.136. The van der Waals surface area contributed by atoms with Crippen molar-refractivity contribution in [2.45, 2.75) is 59.4 Å². The Morgan fingerprint density at radius 1 is 1.40 bits per heavy atom. The van der Waals surface area contributed by atoms with E-state index in [2.05, 4.69) is 37.6 Å². The molecular formula is C15H26N2O2S. The van der Waals surface area contributed by atoms with Crippen molar-refractivity contribution < 1.29 is 9.90 Å². The maximum absolute atomic E-state index is 10.6. The molecule has 1 heterocycles. The van der Waals surface area contributed by atoms with Gasteiger partial charge in [-0.05, 0) is 18.8 Å². The lowest BCUT2D eigenvalue weighted by Gasteiger charge is -2.31. The molecule has 0 amide bonds. The first-order chi connectivity index (χ1) is 9.47. The molecule has 20 heavy (non-hydrogen) atoms. The van der Waals surface area contributed by atoms with Crippen molar-refractivity contribution in [2.75, 3.05) is 11.4 Å². The second-order valence-electron chi connectivity index (χ2n) is 5.53. The molecule has 0 aromatic carbocycles. The fourth-order valence-electron chi connectivity index (χ4n) is 2.28. The number of carboxylic acid groups (broad SMARTS) is 1. The van der Waals surface area contributed by atoms with Gasteiger partial charge in [0.1, 0.15) is 0 Å². The summed E-state index contributed by atoms with van der Waals surface area (Å²) >= 11 is 1.63. The highest BCUT2D eigenvalue weighted by Crippen LogP contribution is 2.26. The zero-order chi connectivity index (χ0) is 15.1. The van der Waals surface area contributed by atoms with E-state index in [9.17, 15) is 4.79 Å². The maximum Gasteiger partial charge on any atom is 0.303 e. The van der Waals surface area contributed by atoms with Gasteiger partial charge in [-0.2, -0.15) is 0 Å². The van der Waals surface area contributed by atoms with Crippen LogP contribution in [0.2, 0.25) is 0 Å². The second-order valence-corrected chi connectivity index (χ2v) is 6.37. The number of anilines is 1. The van der Waals surface area contributed by atoms with Gasteiger partial charge in [-0.25, -0.2) is 4.98 Å². The average Bonchev–Trinajstić information content (AvgIpc) is 2.84. The fourth-order valence-corrected chi connectivity index (χ4v) is 3.23. The highest BCUT2D eigenvalue weighted by atomic mass is 32.1. The van der Waals surface area contributed by atoms with Crippen LogP contribution in [0.3, 0.4) is 0 Å². The van der Waals surface area contributed by atoms with Gasteiger partial charge >= 0.3 is 5.97 Å². The average molecular weight is 298 g/mol. The zero-order valence-corrected chi connectivity index (χ0v) is 13.7. The topological polar surface area (TPSA) is 53.4 Å². The second kappa shape index (κ2) is 8.25. The van der Waals surface area contributed by atoms with Crippen molar-refractivity contribution in [3.05, 3.63) is 11.1 Å². The molecule has 0 radical (unpaired) electrons. The predicted octanol–water partition coefficient (Wildman–Crippen LogP) is 3.81. The monoisotopic (exact) mass is 298 g/mol. The number of carbonyl (C=O) groups is 1. The molecule has 0 saturated heterocycles. The summed E-state index contributed by atoms with van der Waals surface area (Å²) in [6.07, 6.45) is 2.88. The molecule has 0 aliphatic carbocycles. The summed E-state index contributed by atoms with van der Waals surface area (Å²) < 4.78 is 0. The molecule has 0 aliphatic heterocycles. The van der Waals surface area contributed by atoms with Gasteiger partial charge in [0, 0.05) is 24.4 Å². The van der Waals surface area contributed by atoms with Gasteiger partial charge in [0.15, 0.2) is 5.13 Å². The van der Waals surface area contributed by atoms with Crippen molar-refractivity contribution in [1.82, 2.24) is 4.98 Å². The molecule has 1 rings (SSSR count). The Hall–Kier alpha value is -1.10. The van der Waals surface area contributed by atoms with Crippen molar-refractivity contribution >= 4 is 22.4 Å². The molecule has 0 bridgehead atoms. The molecule has 1 N–H and O–H groups in total. The summed E-state index contributed by atoms with van der Waals surface area (Å²) in [4.78, 5) is 17.6. The first-order valence-corrected chi connectivity index (χ1v) is 8.28. The third-order valence-electron chi connectivity index (χ3n) is 3.33. The third kappa shape index (κ3) is 5.12. The normalized spacial score (nSPS) is 11.3. The van der Waals surface area contributed by atoms with Crippen molar-refractivity contribution in [2.24, 2.45) is 5.92 Å². The highest BCUT2D eigenvalue weighted by Gasteiger charge is 2.20. The molecule has 0 spiro atoms. The lowest BCUT2D eigenvalue weighted by atomic mass is 10.1. The first kappa shape index (κ1) is 17.0. The van der Waals surface area contributed by atoms with Crippen LogP contribution >= 0.6 is 11.3 Å². The van der Waals surface area contributed by atoms with Crippen LogP contribution in [0.25, 0.3) is 0 Å². The van der Waals surface area contributed by atoms with Gasteiger partial charge in [0.05, 0.1) is 12.1 Å². The van der Waals surface area contributed by atoms with Gasteiger partial charge in [0.2, 0.25) is 0 Å². The number of aryl methyl sites for hydroxylation is 1.